The maximum atomic E-state index is 13.0. The zero-order chi connectivity index (χ0) is 67.3. The Morgan fingerprint density at radius 3 is 0.890 bits per heavy atom. The molecular formula is C72H136O17P2. The molecular weight excluding hydrogens is 1200 g/mol. The minimum Gasteiger partial charge on any atom is -0.462 e. The minimum atomic E-state index is -4.96. The largest absolute Gasteiger partial charge is 0.472 e. The number of allylic oxidation sites excluding steroid dienone is 4. The molecule has 5 atom stereocenters. The fraction of sp³-hybridized carbons (Fsp3) is 0.889. The Hall–Kier alpha value is -2.46. The molecule has 0 amide bonds. The van der Waals surface area contributed by atoms with Gasteiger partial charge in [-0.2, -0.15) is 0 Å². The second-order valence-corrected chi connectivity index (χ2v) is 29.6. The van der Waals surface area contributed by atoms with Crippen LogP contribution in [0.4, 0.5) is 0 Å². The smallest absolute Gasteiger partial charge is 0.462 e. The van der Waals surface area contributed by atoms with Crippen LogP contribution in [-0.4, -0.2) is 96.7 Å². The van der Waals surface area contributed by atoms with Crippen molar-refractivity contribution in [1.82, 2.24) is 0 Å². The summed E-state index contributed by atoms with van der Waals surface area (Å²) < 4.78 is 68.3. The Morgan fingerprint density at radius 2 is 0.593 bits per heavy atom. The number of hydrogen-bond acceptors (Lipinski definition) is 15. The van der Waals surface area contributed by atoms with Crippen molar-refractivity contribution in [3.63, 3.8) is 0 Å². The van der Waals surface area contributed by atoms with Crippen molar-refractivity contribution in [1.29, 1.82) is 0 Å². The summed E-state index contributed by atoms with van der Waals surface area (Å²) in [6, 6.07) is 0. The summed E-state index contributed by atoms with van der Waals surface area (Å²) in [6.07, 6.45) is 49.5. The first-order valence-electron chi connectivity index (χ1n) is 36.7. The molecule has 17 nitrogen and oxygen atoms in total. The van der Waals surface area contributed by atoms with E-state index in [4.69, 9.17) is 37.0 Å². The van der Waals surface area contributed by atoms with Gasteiger partial charge in [-0.05, 0) is 69.1 Å². The standard InChI is InChI=1S/C72H136O17P2/c1-8-9-10-11-12-13-14-15-16-17-21-26-32-41-48-55-71(76)88-67(59-82-69(74)53-46-39-31-28-23-25-30-37-44-51-64(4)5)61-86-90(78,79)84-57-66(73)58-85-91(80,81)87-62-68(60-83-70(75)54-47-40-35-34-38-45-52-65(6)7)89-72(77)56-49-42-33-27-22-19-18-20-24-29-36-43-50-63(2)3/h13-16,63-68,73H,8-12,17-62H2,1-7H3,(H,78,79)(H,80,81)/b14-13-,16-15-/t66-,67-,68-/m1/s1. The highest BCUT2D eigenvalue weighted by atomic mass is 31.2. The predicted octanol–water partition coefficient (Wildman–Crippen LogP) is 20.2. The van der Waals surface area contributed by atoms with Crippen molar-refractivity contribution < 1.29 is 80.2 Å². The van der Waals surface area contributed by atoms with Crippen molar-refractivity contribution >= 4 is 39.5 Å². The molecule has 2 unspecified atom stereocenters. The van der Waals surface area contributed by atoms with E-state index in [1.807, 2.05) is 0 Å². The summed E-state index contributed by atoms with van der Waals surface area (Å²) in [4.78, 5) is 72.6. The number of unbranched alkanes of at least 4 members (excludes halogenated alkanes) is 33. The first-order valence-corrected chi connectivity index (χ1v) is 39.7. The quantitative estimate of drug-likeness (QED) is 0.0169. The van der Waals surface area contributed by atoms with Gasteiger partial charge >= 0.3 is 39.5 Å². The molecule has 91 heavy (non-hydrogen) atoms. The summed E-state index contributed by atoms with van der Waals surface area (Å²) in [5.74, 6) is 0.0375. The van der Waals surface area contributed by atoms with Crippen LogP contribution in [0.2, 0.25) is 0 Å². The summed E-state index contributed by atoms with van der Waals surface area (Å²) in [5.41, 5.74) is 0. The van der Waals surface area contributed by atoms with Crippen molar-refractivity contribution in [3.05, 3.63) is 24.3 Å². The number of phosphoric acid groups is 2. The van der Waals surface area contributed by atoms with Gasteiger partial charge in [0.25, 0.3) is 0 Å². The lowest BCUT2D eigenvalue weighted by Crippen LogP contribution is -2.30. The number of esters is 4. The summed E-state index contributed by atoms with van der Waals surface area (Å²) in [7, 11) is -9.92. The number of carbonyl (C=O) groups is 4. The van der Waals surface area contributed by atoms with Gasteiger partial charge in [-0.15, -0.1) is 0 Å². The molecule has 0 rings (SSSR count). The molecule has 0 saturated heterocycles. The molecule has 0 radical (unpaired) electrons. The zero-order valence-corrected chi connectivity index (χ0v) is 60.6. The fourth-order valence-electron chi connectivity index (χ4n) is 10.4. The van der Waals surface area contributed by atoms with Gasteiger partial charge in [-0.25, -0.2) is 9.13 Å². The van der Waals surface area contributed by atoms with Crippen molar-refractivity contribution in [2.45, 2.75) is 356 Å². The summed E-state index contributed by atoms with van der Waals surface area (Å²) in [5, 5.41) is 10.6. The fourth-order valence-corrected chi connectivity index (χ4v) is 11.9. The van der Waals surface area contributed by atoms with E-state index < -0.39 is 97.5 Å². The number of carbonyl (C=O) groups excluding carboxylic acids is 4. The van der Waals surface area contributed by atoms with E-state index >= 15 is 0 Å². The molecule has 0 saturated carbocycles. The Balaban J connectivity index is 5.28. The van der Waals surface area contributed by atoms with Gasteiger partial charge in [0.2, 0.25) is 0 Å². The number of aliphatic hydroxyl groups excluding tert-OH is 1. The summed E-state index contributed by atoms with van der Waals surface area (Å²) in [6.45, 7) is 11.7. The number of hydrogen-bond donors (Lipinski definition) is 3. The van der Waals surface area contributed by atoms with Crippen LogP contribution in [0, 0.1) is 17.8 Å². The Morgan fingerprint density at radius 1 is 0.341 bits per heavy atom. The monoisotopic (exact) mass is 1330 g/mol. The van der Waals surface area contributed by atoms with Gasteiger partial charge in [-0.1, -0.05) is 285 Å². The van der Waals surface area contributed by atoms with E-state index in [2.05, 4.69) is 72.8 Å². The number of aliphatic hydroxyl groups is 1. The van der Waals surface area contributed by atoms with Crippen LogP contribution in [0.1, 0.15) is 337 Å². The number of rotatable bonds is 68. The molecule has 0 bridgehead atoms. The molecule has 0 aromatic carbocycles. The second kappa shape index (κ2) is 62.4. The molecule has 0 aromatic rings. The third-order valence-corrected chi connectivity index (χ3v) is 17.9. The number of ether oxygens (including phenoxy) is 4. The first-order chi connectivity index (χ1) is 43.7. The highest BCUT2D eigenvalue weighted by Gasteiger charge is 2.30. The maximum Gasteiger partial charge on any atom is 0.472 e. The highest BCUT2D eigenvalue weighted by Crippen LogP contribution is 2.45. The Kier molecular flexibility index (Phi) is 60.7. The van der Waals surface area contributed by atoms with E-state index in [0.717, 1.165) is 121 Å². The number of phosphoric ester groups is 2. The lowest BCUT2D eigenvalue weighted by molar-refractivity contribution is -0.161. The van der Waals surface area contributed by atoms with Gasteiger partial charge in [-0.3, -0.25) is 37.3 Å². The van der Waals surface area contributed by atoms with E-state index in [-0.39, 0.29) is 25.7 Å². The topological polar surface area (TPSA) is 237 Å². The molecule has 536 valence electrons. The molecule has 0 aliphatic carbocycles. The molecule has 0 heterocycles. The average Bonchev–Trinajstić information content (AvgIpc) is 3.03. The minimum absolute atomic E-state index is 0.0841. The van der Waals surface area contributed by atoms with Crippen LogP contribution >= 0.6 is 15.6 Å². The predicted molar refractivity (Wildman–Crippen MR) is 367 cm³/mol. The third-order valence-electron chi connectivity index (χ3n) is 16.0. The maximum absolute atomic E-state index is 13.0. The molecule has 0 aromatic heterocycles. The molecule has 0 aliphatic rings. The molecule has 19 heteroatoms. The Labute approximate surface area is 554 Å². The highest BCUT2D eigenvalue weighted by molar-refractivity contribution is 7.47. The van der Waals surface area contributed by atoms with Gasteiger partial charge in [0.05, 0.1) is 26.4 Å². The lowest BCUT2D eigenvalue weighted by atomic mass is 10.0. The average molecular weight is 1340 g/mol. The van der Waals surface area contributed by atoms with Crippen LogP contribution in [0.3, 0.4) is 0 Å². The Bertz CT molecular complexity index is 1880. The molecule has 0 spiro atoms. The first kappa shape index (κ1) is 88.5. The zero-order valence-electron chi connectivity index (χ0n) is 58.8. The van der Waals surface area contributed by atoms with Gasteiger partial charge in [0.15, 0.2) is 12.2 Å². The molecule has 0 fully saturated rings. The van der Waals surface area contributed by atoms with Gasteiger partial charge in [0.1, 0.15) is 19.3 Å². The normalized spacial score (nSPS) is 14.3. The molecule has 0 aliphatic heterocycles. The van der Waals surface area contributed by atoms with Gasteiger partial charge in [0, 0.05) is 25.7 Å². The van der Waals surface area contributed by atoms with E-state index in [9.17, 15) is 43.2 Å². The van der Waals surface area contributed by atoms with E-state index in [1.54, 1.807) is 0 Å². The van der Waals surface area contributed by atoms with Crippen LogP contribution in [0.25, 0.3) is 0 Å². The third kappa shape index (κ3) is 66.0. The van der Waals surface area contributed by atoms with Crippen molar-refractivity contribution in [2.24, 2.45) is 17.8 Å². The summed E-state index contributed by atoms with van der Waals surface area (Å²) >= 11 is 0. The van der Waals surface area contributed by atoms with Crippen LogP contribution in [0.5, 0.6) is 0 Å². The van der Waals surface area contributed by atoms with Crippen molar-refractivity contribution in [3.8, 4) is 0 Å². The second-order valence-electron chi connectivity index (χ2n) is 26.7. The van der Waals surface area contributed by atoms with E-state index in [0.29, 0.717) is 31.6 Å². The SMILES string of the molecule is CCCCCC/C=C\C=C/CCCCCCCC(=O)O[C@H](COC(=O)CCCCCCCCCCCC(C)C)COP(=O)(O)OC[C@@H](O)COP(=O)(O)OC[C@@H](COC(=O)CCCCCCCCC(C)C)OC(=O)CCCCCCCCCCCCCCC(C)C. The van der Waals surface area contributed by atoms with Gasteiger partial charge < -0.3 is 33.8 Å². The van der Waals surface area contributed by atoms with Crippen LogP contribution in [-0.2, 0) is 65.4 Å². The molecule has 3 N–H and O–H groups in total. The van der Waals surface area contributed by atoms with Crippen LogP contribution < -0.4 is 0 Å². The lowest BCUT2D eigenvalue weighted by Gasteiger charge is -2.21. The van der Waals surface area contributed by atoms with Crippen molar-refractivity contribution in [2.75, 3.05) is 39.6 Å². The van der Waals surface area contributed by atoms with E-state index in [1.165, 1.54) is 128 Å². The van der Waals surface area contributed by atoms with Crippen LogP contribution in [0.15, 0.2) is 24.3 Å².